The third-order valence-corrected chi connectivity index (χ3v) is 6.36. The molecule has 2 rings (SSSR count). The average molecular weight is 332 g/mol. The molecule has 1 unspecified atom stereocenters. The van der Waals surface area contributed by atoms with Crippen molar-refractivity contribution in [2.45, 2.75) is 31.2 Å². The predicted molar refractivity (Wildman–Crippen MR) is 86.1 cm³/mol. The quantitative estimate of drug-likeness (QED) is 0.841. The molecule has 5 nitrogen and oxygen atoms in total. The molecule has 1 aromatic rings. The van der Waals surface area contributed by atoms with Crippen molar-refractivity contribution < 1.29 is 8.42 Å². The molecule has 0 saturated carbocycles. The molecule has 0 bridgehead atoms. The maximum absolute atomic E-state index is 12.9. The Morgan fingerprint density at radius 2 is 2.00 bits per heavy atom. The largest absolute Gasteiger partial charge is 0.397 e. The van der Waals surface area contributed by atoms with Crippen molar-refractivity contribution in [2.24, 2.45) is 0 Å². The summed E-state index contributed by atoms with van der Waals surface area (Å²) in [6.07, 6.45) is 0.822. The van der Waals surface area contributed by atoms with Gasteiger partial charge in [-0.25, -0.2) is 8.42 Å². The van der Waals surface area contributed by atoms with Gasteiger partial charge in [0.2, 0.25) is 10.0 Å². The van der Waals surface area contributed by atoms with Crippen molar-refractivity contribution in [1.29, 1.82) is 0 Å². The fourth-order valence-corrected chi connectivity index (χ4v) is 4.65. The highest BCUT2D eigenvalue weighted by Crippen LogP contribution is 2.29. The normalized spacial score (nSPS) is 22.2. The van der Waals surface area contributed by atoms with Gasteiger partial charge in [-0.15, -0.1) is 0 Å². The lowest BCUT2D eigenvalue weighted by molar-refractivity contribution is 0.290. The molecular formula is C14H22ClN3O2S. The third-order valence-electron chi connectivity index (χ3n) is 3.85. The first-order chi connectivity index (χ1) is 9.73. The number of hydrogen-bond acceptors (Lipinski definition) is 4. The van der Waals surface area contributed by atoms with Crippen LogP contribution in [0.4, 0.5) is 5.69 Å². The first-order valence-corrected chi connectivity index (χ1v) is 8.81. The van der Waals surface area contributed by atoms with Gasteiger partial charge in [0.25, 0.3) is 0 Å². The van der Waals surface area contributed by atoms with Crippen molar-refractivity contribution in [3.63, 3.8) is 0 Å². The summed E-state index contributed by atoms with van der Waals surface area (Å²) in [5.74, 6) is 0. The van der Waals surface area contributed by atoms with Crippen LogP contribution in [0.1, 0.15) is 18.9 Å². The van der Waals surface area contributed by atoms with Crippen molar-refractivity contribution in [2.75, 3.05) is 32.4 Å². The van der Waals surface area contributed by atoms with E-state index in [0.29, 0.717) is 22.8 Å². The van der Waals surface area contributed by atoms with Gasteiger partial charge in [-0.05, 0) is 51.6 Å². The van der Waals surface area contributed by atoms with Gasteiger partial charge in [0.05, 0.1) is 15.6 Å². The fraction of sp³-hybridized carbons (Fsp3) is 0.571. The van der Waals surface area contributed by atoms with Crippen LogP contribution in [-0.2, 0) is 10.0 Å². The van der Waals surface area contributed by atoms with E-state index in [1.807, 2.05) is 14.0 Å². The Balaban J connectivity index is 2.41. The van der Waals surface area contributed by atoms with E-state index in [0.717, 1.165) is 19.5 Å². The zero-order valence-corrected chi connectivity index (χ0v) is 14.2. The van der Waals surface area contributed by atoms with Crippen LogP contribution in [0.15, 0.2) is 17.0 Å². The Hall–Kier alpha value is -0.820. The van der Waals surface area contributed by atoms with Crippen LogP contribution in [-0.4, -0.2) is 50.3 Å². The van der Waals surface area contributed by atoms with Gasteiger partial charge in [0.1, 0.15) is 0 Å². The smallest absolute Gasteiger partial charge is 0.243 e. The maximum Gasteiger partial charge on any atom is 0.243 e. The summed E-state index contributed by atoms with van der Waals surface area (Å²) < 4.78 is 27.3. The molecule has 2 N–H and O–H groups in total. The summed E-state index contributed by atoms with van der Waals surface area (Å²) in [5.41, 5.74) is 6.79. The monoisotopic (exact) mass is 331 g/mol. The van der Waals surface area contributed by atoms with E-state index in [2.05, 4.69) is 4.90 Å². The van der Waals surface area contributed by atoms with Gasteiger partial charge in [-0.2, -0.15) is 4.31 Å². The van der Waals surface area contributed by atoms with Gasteiger partial charge >= 0.3 is 0 Å². The summed E-state index contributed by atoms with van der Waals surface area (Å²) in [5, 5.41) is 0.414. The van der Waals surface area contributed by atoms with Crippen molar-refractivity contribution >= 4 is 27.3 Å². The van der Waals surface area contributed by atoms with E-state index >= 15 is 0 Å². The molecule has 1 aliphatic rings. The Kier molecular flexibility index (Phi) is 4.82. The number of likely N-dealkylation sites (N-methyl/N-ethyl adjacent to an activating group) is 1. The molecule has 1 fully saturated rings. The summed E-state index contributed by atoms with van der Waals surface area (Å²) in [7, 11) is -1.54. The van der Waals surface area contributed by atoms with Crippen molar-refractivity contribution in [3.05, 3.63) is 22.7 Å². The molecule has 0 spiro atoms. The SMILES string of the molecule is Cc1cc(S(=O)(=O)N2CCCN(C)CC2C)cc(N)c1Cl. The lowest BCUT2D eigenvalue weighted by Crippen LogP contribution is -2.41. The summed E-state index contributed by atoms with van der Waals surface area (Å²) in [6.45, 7) is 5.84. The third kappa shape index (κ3) is 3.34. The zero-order chi connectivity index (χ0) is 15.8. The molecule has 1 aliphatic heterocycles. The summed E-state index contributed by atoms with van der Waals surface area (Å²) in [6, 6.07) is 2.97. The van der Waals surface area contributed by atoms with Crippen LogP contribution in [0.25, 0.3) is 0 Å². The first-order valence-electron chi connectivity index (χ1n) is 6.99. The standard InChI is InChI=1S/C14H22ClN3O2S/c1-10-7-12(8-13(16)14(10)15)21(19,20)18-6-4-5-17(3)9-11(18)2/h7-8,11H,4-6,9,16H2,1-3H3. The second-order valence-corrected chi connectivity index (χ2v) is 7.99. The number of sulfonamides is 1. The molecule has 0 aromatic heterocycles. The van der Waals surface area contributed by atoms with E-state index in [1.165, 1.54) is 6.07 Å². The highest BCUT2D eigenvalue weighted by atomic mass is 35.5. The maximum atomic E-state index is 12.9. The molecule has 0 radical (unpaired) electrons. The number of halogens is 1. The number of anilines is 1. The number of rotatable bonds is 2. The number of hydrogen-bond donors (Lipinski definition) is 1. The fourth-order valence-electron chi connectivity index (χ4n) is 2.75. The molecular weight excluding hydrogens is 310 g/mol. The number of nitrogen functional groups attached to an aromatic ring is 1. The van der Waals surface area contributed by atoms with Crippen molar-refractivity contribution in [3.8, 4) is 0 Å². The Labute approximate surface area is 131 Å². The van der Waals surface area contributed by atoms with E-state index in [-0.39, 0.29) is 10.9 Å². The van der Waals surface area contributed by atoms with Gasteiger partial charge < -0.3 is 10.6 Å². The van der Waals surface area contributed by atoms with Crippen molar-refractivity contribution in [1.82, 2.24) is 9.21 Å². The Morgan fingerprint density at radius 1 is 1.33 bits per heavy atom. The highest BCUT2D eigenvalue weighted by Gasteiger charge is 2.31. The minimum absolute atomic E-state index is 0.0697. The topological polar surface area (TPSA) is 66.6 Å². The van der Waals surface area contributed by atoms with Crippen LogP contribution in [0.5, 0.6) is 0 Å². The zero-order valence-electron chi connectivity index (χ0n) is 12.6. The van der Waals surface area contributed by atoms with Crippen LogP contribution >= 0.6 is 11.6 Å². The lowest BCUT2D eigenvalue weighted by Gasteiger charge is -2.27. The first kappa shape index (κ1) is 16.5. The second kappa shape index (κ2) is 6.12. The number of nitrogens with two attached hydrogens (primary N) is 1. The van der Waals surface area contributed by atoms with E-state index in [9.17, 15) is 8.42 Å². The molecule has 0 amide bonds. The molecule has 118 valence electrons. The predicted octanol–water partition coefficient (Wildman–Crippen LogP) is 1.95. The molecule has 21 heavy (non-hydrogen) atoms. The number of benzene rings is 1. The van der Waals surface area contributed by atoms with Gasteiger partial charge in [0.15, 0.2) is 0 Å². The Bertz CT molecular complexity index is 610. The lowest BCUT2D eigenvalue weighted by atomic mass is 10.2. The Morgan fingerprint density at radius 3 is 2.62 bits per heavy atom. The molecule has 1 saturated heterocycles. The van der Waals surface area contributed by atoms with Gasteiger partial charge in [0, 0.05) is 19.1 Å². The van der Waals surface area contributed by atoms with Gasteiger partial charge in [-0.1, -0.05) is 11.6 Å². The average Bonchev–Trinajstić information content (AvgIpc) is 2.56. The minimum Gasteiger partial charge on any atom is -0.397 e. The number of nitrogens with zero attached hydrogens (tertiary/aromatic N) is 2. The van der Waals surface area contributed by atoms with E-state index in [4.69, 9.17) is 17.3 Å². The minimum atomic E-state index is -3.55. The summed E-state index contributed by atoms with van der Waals surface area (Å²) >= 11 is 6.02. The second-order valence-electron chi connectivity index (χ2n) is 5.72. The number of aryl methyl sites for hydroxylation is 1. The molecule has 7 heteroatoms. The van der Waals surface area contributed by atoms with Crippen LogP contribution in [0, 0.1) is 6.92 Å². The highest BCUT2D eigenvalue weighted by molar-refractivity contribution is 7.89. The van der Waals surface area contributed by atoms with E-state index in [1.54, 1.807) is 17.3 Å². The van der Waals surface area contributed by atoms with Crippen LogP contribution < -0.4 is 5.73 Å². The van der Waals surface area contributed by atoms with E-state index < -0.39 is 10.0 Å². The summed E-state index contributed by atoms with van der Waals surface area (Å²) in [4.78, 5) is 2.38. The molecule has 1 aromatic carbocycles. The van der Waals surface area contributed by atoms with Crippen LogP contribution in [0.3, 0.4) is 0 Å². The molecule has 1 atom stereocenters. The van der Waals surface area contributed by atoms with Gasteiger partial charge in [-0.3, -0.25) is 0 Å². The molecule has 0 aliphatic carbocycles. The van der Waals surface area contributed by atoms with Crippen LogP contribution in [0.2, 0.25) is 5.02 Å². The molecule has 1 heterocycles.